The Labute approximate surface area is 156 Å². The first kappa shape index (κ1) is 18.1. The maximum Gasteiger partial charge on any atom is 0.247 e. The highest BCUT2D eigenvalue weighted by Crippen LogP contribution is 2.33. The van der Waals surface area contributed by atoms with Crippen LogP contribution in [0.4, 0.5) is 5.69 Å². The Bertz CT molecular complexity index is 840. The van der Waals surface area contributed by atoms with E-state index in [1.54, 1.807) is 49.5 Å². The van der Waals surface area contributed by atoms with Gasteiger partial charge in [-0.2, -0.15) is 0 Å². The molecule has 2 amide bonds. The average Bonchev–Trinajstić information content (AvgIpc) is 2.94. The Balaban J connectivity index is 1.79. The van der Waals surface area contributed by atoms with Gasteiger partial charge in [0.15, 0.2) is 0 Å². The maximum atomic E-state index is 12.5. The Kier molecular flexibility index (Phi) is 5.32. The van der Waals surface area contributed by atoms with Crippen molar-refractivity contribution in [3.8, 4) is 17.2 Å². The van der Waals surface area contributed by atoms with E-state index < -0.39 is 6.04 Å². The minimum absolute atomic E-state index is 0.0323. The molecule has 6 nitrogen and oxygen atoms in total. The van der Waals surface area contributed by atoms with Gasteiger partial charge in [0.25, 0.3) is 0 Å². The lowest BCUT2D eigenvalue weighted by molar-refractivity contribution is -0.131. The van der Waals surface area contributed by atoms with E-state index in [0.29, 0.717) is 40.8 Å². The standard InChI is InChI=1S/C19H19ClN2O4/c1-22-16(7-9-18(22)23)19(24)21-15-11-14(6-8-17(15)25-2)26-13-5-3-4-12(20)10-13/h3-6,8,10-11,16H,7,9H2,1-2H3,(H,21,24). The van der Waals surface area contributed by atoms with E-state index in [0.717, 1.165) is 0 Å². The molecule has 1 fully saturated rings. The van der Waals surface area contributed by atoms with Crippen molar-refractivity contribution in [2.75, 3.05) is 19.5 Å². The van der Waals surface area contributed by atoms with Gasteiger partial charge in [-0.15, -0.1) is 0 Å². The molecule has 3 rings (SSSR count). The first-order chi connectivity index (χ1) is 12.5. The second kappa shape index (κ2) is 7.66. The third-order valence-corrected chi connectivity index (χ3v) is 4.49. The van der Waals surface area contributed by atoms with Crippen molar-refractivity contribution in [3.05, 3.63) is 47.5 Å². The highest BCUT2D eigenvalue weighted by molar-refractivity contribution is 6.30. The van der Waals surface area contributed by atoms with Gasteiger partial charge in [0, 0.05) is 24.6 Å². The van der Waals surface area contributed by atoms with Crippen LogP contribution < -0.4 is 14.8 Å². The van der Waals surface area contributed by atoms with E-state index in [2.05, 4.69) is 5.32 Å². The lowest BCUT2D eigenvalue weighted by Crippen LogP contribution is -2.38. The number of anilines is 1. The van der Waals surface area contributed by atoms with E-state index >= 15 is 0 Å². The summed E-state index contributed by atoms with van der Waals surface area (Å²) in [6.07, 6.45) is 0.881. The number of methoxy groups -OCH3 is 1. The second-order valence-electron chi connectivity index (χ2n) is 5.97. The Morgan fingerprint density at radius 2 is 2.00 bits per heavy atom. The average molecular weight is 375 g/mol. The molecule has 0 aliphatic carbocycles. The van der Waals surface area contributed by atoms with Gasteiger partial charge in [-0.05, 0) is 36.8 Å². The number of nitrogens with zero attached hydrogens (tertiary/aromatic N) is 1. The number of likely N-dealkylation sites (N-methyl/N-ethyl adjacent to an activating group) is 1. The van der Waals surface area contributed by atoms with Crippen molar-refractivity contribution in [2.24, 2.45) is 0 Å². The number of hydrogen-bond acceptors (Lipinski definition) is 4. The van der Waals surface area contributed by atoms with Gasteiger partial charge in [0.2, 0.25) is 11.8 Å². The van der Waals surface area contributed by atoms with Crippen LogP contribution in [0.3, 0.4) is 0 Å². The fourth-order valence-corrected chi connectivity index (χ4v) is 3.02. The van der Waals surface area contributed by atoms with Crippen molar-refractivity contribution in [3.63, 3.8) is 0 Å². The third-order valence-electron chi connectivity index (χ3n) is 4.26. The van der Waals surface area contributed by atoms with Gasteiger partial charge in [-0.3, -0.25) is 9.59 Å². The summed E-state index contributed by atoms with van der Waals surface area (Å²) in [6.45, 7) is 0. The van der Waals surface area contributed by atoms with E-state index in [1.807, 2.05) is 0 Å². The SMILES string of the molecule is COc1ccc(Oc2cccc(Cl)c2)cc1NC(=O)C1CCC(=O)N1C. The number of benzene rings is 2. The molecule has 1 aliphatic heterocycles. The number of carbonyl (C=O) groups excluding carboxylic acids is 2. The summed E-state index contributed by atoms with van der Waals surface area (Å²) < 4.78 is 11.1. The number of rotatable bonds is 5. The summed E-state index contributed by atoms with van der Waals surface area (Å²) in [7, 11) is 3.16. The second-order valence-corrected chi connectivity index (χ2v) is 6.41. The van der Waals surface area contributed by atoms with Crippen molar-refractivity contribution >= 4 is 29.1 Å². The molecule has 7 heteroatoms. The van der Waals surface area contributed by atoms with Crippen LogP contribution in [-0.2, 0) is 9.59 Å². The summed E-state index contributed by atoms with van der Waals surface area (Å²) >= 11 is 5.97. The highest BCUT2D eigenvalue weighted by Gasteiger charge is 2.33. The molecule has 1 saturated heterocycles. The first-order valence-corrected chi connectivity index (χ1v) is 8.53. The molecule has 2 aromatic carbocycles. The molecule has 1 aliphatic rings. The number of amides is 2. The number of carbonyl (C=O) groups is 2. The van der Waals surface area contributed by atoms with Crippen LogP contribution >= 0.6 is 11.6 Å². The summed E-state index contributed by atoms with van der Waals surface area (Å²) in [5.74, 6) is 1.33. The fraction of sp³-hybridized carbons (Fsp3) is 0.263. The number of hydrogen-bond donors (Lipinski definition) is 1. The molecule has 136 valence electrons. The summed E-state index contributed by atoms with van der Waals surface area (Å²) in [5, 5.41) is 3.40. The van der Waals surface area contributed by atoms with Gasteiger partial charge < -0.3 is 19.7 Å². The maximum absolute atomic E-state index is 12.5. The topological polar surface area (TPSA) is 67.9 Å². The predicted octanol–water partition coefficient (Wildman–Crippen LogP) is 3.70. The smallest absolute Gasteiger partial charge is 0.247 e. The van der Waals surface area contributed by atoms with Crippen LogP contribution in [0.15, 0.2) is 42.5 Å². The largest absolute Gasteiger partial charge is 0.495 e. The number of likely N-dealkylation sites (tertiary alicyclic amines) is 1. The van der Waals surface area contributed by atoms with Gasteiger partial charge in [-0.1, -0.05) is 17.7 Å². The monoisotopic (exact) mass is 374 g/mol. The summed E-state index contributed by atoms with van der Waals surface area (Å²) in [4.78, 5) is 25.6. The fourth-order valence-electron chi connectivity index (χ4n) is 2.84. The van der Waals surface area contributed by atoms with Crippen LogP contribution in [0.1, 0.15) is 12.8 Å². The molecule has 0 bridgehead atoms. The molecule has 26 heavy (non-hydrogen) atoms. The third kappa shape index (κ3) is 3.91. The van der Waals surface area contributed by atoms with Crippen LogP contribution in [0.25, 0.3) is 0 Å². The Hall–Kier alpha value is -2.73. The minimum Gasteiger partial charge on any atom is -0.495 e. The van der Waals surface area contributed by atoms with Crippen molar-refractivity contribution in [2.45, 2.75) is 18.9 Å². The summed E-state index contributed by atoms with van der Waals surface area (Å²) in [6, 6.07) is 11.7. The van der Waals surface area contributed by atoms with Crippen LogP contribution in [0.5, 0.6) is 17.2 Å². The lowest BCUT2D eigenvalue weighted by atomic mass is 10.2. The summed E-state index contributed by atoms with van der Waals surface area (Å²) in [5.41, 5.74) is 0.477. The van der Waals surface area contributed by atoms with Gasteiger partial charge >= 0.3 is 0 Å². The zero-order valence-electron chi connectivity index (χ0n) is 14.5. The van der Waals surface area contributed by atoms with E-state index in [4.69, 9.17) is 21.1 Å². The first-order valence-electron chi connectivity index (χ1n) is 8.16. The zero-order chi connectivity index (χ0) is 18.7. The zero-order valence-corrected chi connectivity index (χ0v) is 15.2. The molecule has 1 unspecified atom stereocenters. The molecule has 1 atom stereocenters. The molecule has 0 radical (unpaired) electrons. The van der Waals surface area contributed by atoms with Crippen LogP contribution in [-0.4, -0.2) is 36.9 Å². The minimum atomic E-state index is -0.482. The molecule has 2 aromatic rings. The van der Waals surface area contributed by atoms with Crippen LogP contribution in [0.2, 0.25) is 5.02 Å². The van der Waals surface area contributed by atoms with Gasteiger partial charge in [0.05, 0.1) is 12.8 Å². The molecular weight excluding hydrogens is 356 g/mol. The molecule has 1 heterocycles. The van der Waals surface area contributed by atoms with Crippen molar-refractivity contribution in [1.29, 1.82) is 0 Å². The van der Waals surface area contributed by atoms with E-state index in [9.17, 15) is 9.59 Å². The quantitative estimate of drug-likeness (QED) is 0.866. The van der Waals surface area contributed by atoms with E-state index in [-0.39, 0.29) is 11.8 Å². The Morgan fingerprint density at radius 1 is 1.23 bits per heavy atom. The molecule has 1 N–H and O–H groups in total. The van der Waals surface area contributed by atoms with E-state index in [1.165, 1.54) is 12.0 Å². The molecule has 0 aromatic heterocycles. The Morgan fingerprint density at radius 3 is 2.65 bits per heavy atom. The predicted molar refractivity (Wildman–Crippen MR) is 98.9 cm³/mol. The lowest BCUT2D eigenvalue weighted by Gasteiger charge is -2.20. The van der Waals surface area contributed by atoms with Gasteiger partial charge in [0.1, 0.15) is 23.3 Å². The number of nitrogens with one attached hydrogen (secondary N) is 1. The van der Waals surface area contributed by atoms with Gasteiger partial charge in [-0.25, -0.2) is 0 Å². The number of ether oxygens (including phenoxy) is 2. The molecule has 0 spiro atoms. The molecule has 0 saturated carbocycles. The number of halogens is 1. The van der Waals surface area contributed by atoms with Crippen molar-refractivity contribution < 1.29 is 19.1 Å². The highest BCUT2D eigenvalue weighted by atomic mass is 35.5. The molecular formula is C19H19ClN2O4. The van der Waals surface area contributed by atoms with Crippen molar-refractivity contribution in [1.82, 2.24) is 4.90 Å². The normalized spacial score (nSPS) is 16.5. The van der Waals surface area contributed by atoms with Crippen LogP contribution in [0, 0.1) is 0 Å².